The van der Waals surface area contributed by atoms with Gasteiger partial charge >= 0.3 is 0 Å². The largest absolute Gasteiger partial charge is 0.309 e. The lowest BCUT2D eigenvalue weighted by molar-refractivity contribution is 1.18. The third kappa shape index (κ3) is 2.16. The number of hydrogen-bond donors (Lipinski definition) is 0. The number of benzene rings is 6. The highest BCUT2D eigenvalue weighted by molar-refractivity contribution is 6.21. The van der Waals surface area contributed by atoms with Crippen LogP contribution in [0.4, 0.5) is 0 Å². The van der Waals surface area contributed by atoms with Crippen LogP contribution in [0.3, 0.4) is 0 Å². The highest BCUT2D eigenvalue weighted by Crippen LogP contribution is 2.48. The van der Waals surface area contributed by atoms with Crippen molar-refractivity contribution in [3.63, 3.8) is 0 Å². The molecule has 0 aliphatic heterocycles. The molecule has 0 unspecified atom stereocenters. The molecule has 0 fully saturated rings. The van der Waals surface area contributed by atoms with Crippen molar-refractivity contribution in [2.45, 2.75) is 0 Å². The van der Waals surface area contributed by atoms with E-state index in [0.717, 1.165) is 0 Å². The van der Waals surface area contributed by atoms with E-state index in [-0.39, 0.29) is 0 Å². The summed E-state index contributed by atoms with van der Waals surface area (Å²) in [5.74, 6) is 0. The van der Waals surface area contributed by atoms with Crippen LogP contribution in [0.2, 0.25) is 0 Å². The van der Waals surface area contributed by atoms with Gasteiger partial charge in [0, 0.05) is 16.5 Å². The van der Waals surface area contributed by atoms with Crippen LogP contribution in [0.5, 0.6) is 0 Å². The summed E-state index contributed by atoms with van der Waals surface area (Å²) in [5, 5.41) is 7.91. The Bertz CT molecular complexity index is 1910. The Morgan fingerprint density at radius 3 is 2.00 bits per heavy atom. The van der Waals surface area contributed by atoms with E-state index >= 15 is 0 Å². The average Bonchev–Trinajstić information content (AvgIpc) is 3.39. The van der Waals surface area contributed by atoms with Crippen molar-refractivity contribution in [1.82, 2.24) is 4.57 Å². The Balaban J connectivity index is 1.49. The molecule has 1 nitrogen and oxygen atoms in total. The van der Waals surface area contributed by atoms with Crippen LogP contribution in [0.25, 0.3) is 71.3 Å². The van der Waals surface area contributed by atoms with Crippen molar-refractivity contribution in [3.8, 4) is 27.9 Å². The number of aromatic nitrogens is 1. The number of rotatable bonds is 1. The molecule has 0 spiro atoms. The zero-order valence-electron chi connectivity index (χ0n) is 17.9. The highest BCUT2D eigenvalue weighted by Gasteiger charge is 2.22. The van der Waals surface area contributed by atoms with E-state index in [1.807, 2.05) is 0 Å². The molecule has 1 heteroatoms. The lowest BCUT2D eigenvalue weighted by Gasteiger charge is -2.11. The molecule has 1 heterocycles. The maximum Gasteiger partial charge on any atom is 0.0547 e. The summed E-state index contributed by atoms with van der Waals surface area (Å²) in [5.41, 5.74) is 9.05. The van der Waals surface area contributed by atoms with E-state index in [1.165, 1.54) is 71.3 Å². The van der Waals surface area contributed by atoms with E-state index in [1.54, 1.807) is 0 Å². The van der Waals surface area contributed by atoms with E-state index in [9.17, 15) is 0 Å². The van der Waals surface area contributed by atoms with Gasteiger partial charge in [-0.3, -0.25) is 0 Å². The molecule has 0 radical (unpaired) electrons. The standard InChI is InChI=1S/C32H19N/c1-2-10-23-20(7-1)15-18-30-32(23)27-11-3-4-14-29(27)33(30)22-16-17-24-25-12-5-8-21-9-6-13-26(31(21)25)28(24)19-22/h1-19H. The summed E-state index contributed by atoms with van der Waals surface area (Å²) in [6.45, 7) is 0. The average molecular weight is 418 g/mol. The van der Waals surface area contributed by atoms with Gasteiger partial charge in [-0.1, -0.05) is 91.0 Å². The molecule has 6 aromatic carbocycles. The summed E-state index contributed by atoms with van der Waals surface area (Å²) in [7, 11) is 0. The molecule has 1 aliphatic rings. The minimum Gasteiger partial charge on any atom is -0.309 e. The summed E-state index contributed by atoms with van der Waals surface area (Å²) in [6, 6.07) is 42.3. The molecular weight excluding hydrogens is 398 g/mol. The molecule has 152 valence electrons. The van der Waals surface area contributed by atoms with Gasteiger partial charge in [0.2, 0.25) is 0 Å². The maximum atomic E-state index is 2.43. The van der Waals surface area contributed by atoms with Crippen molar-refractivity contribution in [1.29, 1.82) is 0 Å². The number of nitrogens with zero attached hydrogens (tertiary/aromatic N) is 1. The first-order valence-corrected chi connectivity index (χ1v) is 11.5. The fourth-order valence-electron chi connectivity index (χ4n) is 5.94. The smallest absolute Gasteiger partial charge is 0.0547 e. The van der Waals surface area contributed by atoms with Crippen LogP contribution in [-0.4, -0.2) is 4.57 Å². The van der Waals surface area contributed by atoms with Gasteiger partial charge in [0.15, 0.2) is 0 Å². The van der Waals surface area contributed by atoms with Gasteiger partial charge in [-0.15, -0.1) is 0 Å². The van der Waals surface area contributed by atoms with Crippen molar-refractivity contribution in [3.05, 3.63) is 115 Å². The molecule has 0 atom stereocenters. The Morgan fingerprint density at radius 2 is 1.12 bits per heavy atom. The Labute approximate surface area is 191 Å². The normalized spacial score (nSPS) is 12.2. The molecule has 33 heavy (non-hydrogen) atoms. The Hall–Kier alpha value is -4.36. The van der Waals surface area contributed by atoms with Crippen LogP contribution in [0, 0.1) is 0 Å². The summed E-state index contributed by atoms with van der Waals surface area (Å²) < 4.78 is 2.43. The minimum atomic E-state index is 1.21. The second-order valence-electron chi connectivity index (χ2n) is 8.97. The summed E-state index contributed by atoms with van der Waals surface area (Å²) >= 11 is 0. The highest BCUT2D eigenvalue weighted by atomic mass is 15.0. The monoisotopic (exact) mass is 417 g/mol. The van der Waals surface area contributed by atoms with Gasteiger partial charge in [0.25, 0.3) is 0 Å². The lowest BCUT2D eigenvalue weighted by atomic mass is 10.0. The van der Waals surface area contributed by atoms with Crippen molar-refractivity contribution in [2.75, 3.05) is 0 Å². The van der Waals surface area contributed by atoms with Gasteiger partial charge < -0.3 is 4.57 Å². The quantitative estimate of drug-likeness (QED) is 0.252. The van der Waals surface area contributed by atoms with Crippen LogP contribution in [-0.2, 0) is 0 Å². The summed E-state index contributed by atoms with van der Waals surface area (Å²) in [4.78, 5) is 0. The van der Waals surface area contributed by atoms with Gasteiger partial charge in [0.1, 0.15) is 0 Å². The van der Waals surface area contributed by atoms with Gasteiger partial charge in [-0.2, -0.15) is 0 Å². The van der Waals surface area contributed by atoms with Crippen molar-refractivity contribution >= 4 is 43.4 Å². The zero-order chi connectivity index (χ0) is 21.5. The van der Waals surface area contributed by atoms with E-state index < -0.39 is 0 Å². The lowest BCUT2D eigenvalue weighted by Crippen LogP contribution is -1.94. The zero-order valence-corrected chi connectivity index (χ0v) is 17.9. The van der Waals surface area contributed by atoms with Crippen LogP contribution in [0.15, 0.2) is 115 Å². The predicted octanol–water partition coefficient (Wildman–Crippen LogP) is 8.74. The molecule has 0 saturated heterocycles. The minimum absolute atomic E-state index is 1.21. The van der Waals surface area contributed by atoms with Crippen LogP contribution < -0.4 is 0 Å². The fourth-order valence-corrected chi connectivity index (χ4v) is 5.94. The first-order valence-electron chi connectivity index (χ1n) is 11.5. The second-order valence-corrected chi connectivity index (χ2v) is 8.97. The second kappa shape index (κ2) is 6.11. The number of hydrogen-bond acceptors (Lipinski definition) is 0. The van der Waals surface area contributed by atoms with Gasteiger partial charge in [-0.25, -0.2) is 0 Å². The molecule has 0 N–H and O–H groups in total. The van der Waals surface area contributed by atoms with Gasteiger partial charge in [-0.05, 0) is 68.1 Å². The van der Waals surface area contributed by atoms with E-state index in [2.05, 4.69) is 120 Å². The molecule has 7 aromatic rings. The fraction of sp³-hybridized carbons (Fsp3) is 0. The molecular formula is C32H19N. The first kappa shape index (κ1) is 17.2. The molecule has 0 amide bonds. The van der Waals surface area contributed by atoms with E-state index in [0.29, 0.717) is 0 Å². The molecule has 8 rings (SSSR count). The van der Waals surface area contributed by atoms with Gasteiger partial charge in [0.05, 0.1) is 11.0 Å². The number of para-hydroxylation sites is 1. The number of fused-ring (bicyclic) bond motifs is 8. The summed E-state index contributed by atoms with van der Waals surface area (Å²) in [6.07, 6.45) is 0. The van der Waals surface area contributed by atoms with Crippen molar-refractivity contribution < 1.29 is 0 Å². The Kier molecular flexibility index (Phi) is 3.19. The van der Waals surface area contributed by atoms with Crippen LogP contribution >= 0.6 is 0 Å². The molecule has 1 aliphatic carbocycles. The maximum absolute atomic E-state index is 2.43. The first-order chi connectivity index (χ1) is 16.4. The molecule has 0 bridgehead atoms. The third-order valence-electron chi connectivity index (χ3n) is 7.31. The Morgan fingerprint density at radius 1 is 0.394 bits per heavy atom. The topological polar surface area (TPSA) is 4.93 Å². The third-order valence-corrected chi connectivity index (χ3v) is 7.31. The SMILES string of the molecule is c1cc2c3c(cccc3c1)-c1cc(-n3c4ccccc4c4c5ccccc5ccc43)ccc1-2. The van der Waals surface area contributed by atoms with E-state index in [4.69, 9.17) is 0 Å². The molecule has 0 saturated carbocycles. The predicted molar refractivity (Wildman–Crippen MR) is 140 cm³/mol. The van der Waals surface area contributed by atoms with Crippen LogP contribution in [0.1, 0.15) is 0 Å². The van der Waals surface area contributed by atoms with Crippen molar-refractivity contribution in [2.24, 2.45) is 0 Å². The molecule has 1 aromatic heterocycles.